The van der Waals surface area contributed by atoms with E-state index in [1.807, 2.05) is 30.7 Å². The molecule has 0 aliphatic rings. The molecule has 0 saturated carbocycles. The molecule has 3 heterocycles. The summed E-state index contributed by atoms with van der Waals surface area (Å²) in [5, 5.41) is 15.9. The predicted octanol–water partition coefficient (Wildman–Crippen LogP) is 2.02. The van der Waals surface area contributed by atoms with Crippen molar-refractivity contribution in [3.05, 3.63) is 30.6 Å². The van der Waals surface area contributed by atoms with Crippen molar-refractivity contribution in [1.29, 1.82) is 0 Å². The topological polar surface area (TPSA) is 137 Å². The predicted molar refractivity (Wildman–Crippen MR) is 92.7 cm³/mol. The first kappa shape index (κ1) is 15.8. The lowest BCUT2D eigenvalue weighted by Crippen LogP contribution is -2.04. The van der Waals surface area contributed by atoms with Crippen LogP contribution in [-0.2, 0) is 0 Å². The van der Waals surface area contributed by atoms with Gasteiger partial charge in [0.25, 0.3) is 0 Å². The molecule has 4 rings (SSSR count). The fourth-order valence-electron chi connectivity index (χ4n) is 2.79. The van der Waals surface area contributed by atoms with E-state index in [2.05, 4.69) is 20.1 Å². The van der Waals surface area contributed by atoms with Crippen LogP contribution in [-0.4, -0.2) is 35.3 Å². The number of nitrogens with one attached hydrogen (secondary N) is 1. The number of aromatic amines is 1. The highest BCUT2D eigenvalue weighted by Gasteiger charge is 2.19. The van der Waals surface area contributed by atoms with Crippen LogP contribution in [0.15, 0.2) is 30.6 Å². The minimum Gasteiger partial charge on any atom is -0.508 e. The van der Waals surface area contributed by atoms with Crippen molar-refractivity contribution in [3.8, 4) is 17.1 Å². The van der Waals surface area contributed by atoms with Gasteiger partial charge in [0.1, 0.15) is 23.6 Å². The summed E-state index contributed by atoms with van der Waals surface area (Å²) in [6.45, 7) is 4.08. The number of fused-ring (bicyclic) bond motifs is 2. The van der Waals surface area contributed by atoms with E-state index < -0.39 is 0 Å². The second kappa shape index (κ2) is 5.50. The van der Waals surface area contributed by atoms with Gasteiger partial charge in [-0.2, -0.15) is 5.10 Å². The summed E-state index contributed by atoms with van der Waals surface area (Å²) < 4.78 is 1.84. The van der Waals surface area contributed by atoms with E-state index in [-0.39, 0.29) is 17.3 Å². The SMILES string of the molecule is CC(C)n1nc(-c2cc3cc(O)ccc3[nH]2)c2c(N)ncnc21.O. The van der Waals surface area contributed by atoms with Crippen LogP contribution in [0.1, 0.15) is 19.9 Å². The highest BCUT2D eigenvalue weighted by atomic mass is 16.3. The third-order valence-electron chi connectivity index (χ3n) is 3.87. The summed E-state index contributed by atoms with van der Waals surface area (Å²) in [5.74, 6) is 0.627. The average Bonchev–Trinajstić information content (AvgIpc) is 3.08. The fraction of sp³-hybridized carbons (Fsp3) is 0.188. The minimum atomic E-state index is 0. The van der Waals surface area contributed by atoms with Gasteiger partial charge >= 0.3 is 0 Å². The van der Waals surface area contributed by atoms with Gasteiger partial charge in [-0.1, -0.05) is 0 Å². The molecule has 1 aromatic carbocycles. The number of rotatable bonds is 2. The molecule has 0 bridgehead atoms. The molecule has 124 valence electrons. The summed E-state index contributed by atoms with van der Waals surface area (Å²) in [7, 11) is 0. The van der Waals surface area contributed by atoms with Crippen LogP contribution in [0.3, 0.4) is 0 Å². The third-order valence-corrected chi connectivity index (χ3v) is 3.87. The smallest absolute Gasteiger partial charge is 0.164 e. The van der Waals surface area contributed by atoms with Crippen molar-refractivity contribution in [2.75, 3.05) is 5.73 Å². The number of phenols is 1. The van der Waals surface area contributed by atoms with Gasteiger partial charge in [0.15, 0.2) is 5.65 Å². The van der Waals surface area contributed by atoms with Crippen LogP contribution in [0.2, 0.25) is 0 Å². The van der Waals surface area contributed by atoms with Crippen molar-refractivity contribution in [2.45, 2.75) is 19.9 Å². The molecule has 24 heavy (non-hydrogen) atoms. The first-order valence-electron chi connectivity index (χ1n) is 7.35. The maximum Gasteiger partial charge on any atom is 0.164 e. The Labute approximate surface area is 137 Å². The van der Waals surface area contributed by atoms with Gasteiger partial charge in [-0.05, 0) is 38.1 Å². The maximum atomic E-state index is 9.63. The van der Waals surface area contributed by atoms with Crippen molar-refractivity contribution in [1.82, 2.24) is 24.7 Å². The number of anilines is 1. The molecule has 0 atom stereocenters. The van der Waals surface area contributed by atoms with Crippen LogP contribution in [0.25, 0.3) is 33.3 Å². The molecule has 0 aliphatic heterocycles. The average molecular weight is 326 g/mol. The summed E-state index contributed by atoms with van der Waals surface area (Å²) in [6, 6.07) is 7.26. The number of benzene rings is 1. The Balaban J connectivity index is 0.00000169. The minimum absolute atomic E-state index is 0. The first-order chi connectivity index (χ1) is 11.0. The van der Waals surface area contributed by atoms with Crippen LogP contribution in [0, 0.1) is 0 Å². The van der Waals surface area contributed by atoms with E-state index in [4.69, 9.17) is 5.73 Å². The lowest BCUT2D eigenvalue weighted by molar-refractivity contribution is 0.476. The Kier molecular flexibility index (Phi) is 3.61. The van der Waals surface area contributed by atoms with E-state index in [1.165, 1.54) is 6.33 Å². The van der Waals surface area contributed by atoms with E-state index >= 15 is 0 Å². The third kappa shape index (κ3) is 2.24. The summed E-state index contributed by atoms with van der Waals surface area (Å²) in [5.41, 5.74) is 9.22. The lowest BCUT2D eigenvalue weighted by atomic mass is 10.2. The largest absolute Gasteiger partial charge is 0.508 e. The van der Waals surface area contributed by atoms with E-state index in [9.17, 15) is 5.11 Å². The van der Waals surface area contributed by atoms with Gasteiger partial charge < -0.3 is 21.3 Å². The Hall–Kier alpha value is -3.13. The zero-order valence-corrected chi connectivity index (χ0v) is 13.3. The second-order valence-corrected chi connectivity index (χ2v) is 5.80. The summed E-state index contributed by atoms with van der Waals surface area (Å²) >= 11 is 0. The van der Waals surface area contributed by atoms with Crippen molar-refractivity contribution < 1.29 is 10.6 Å². The molecule has 0 radical (unpaired) electrons. The molecule has 0 amide bonds. The highest BCUT2D eigenvalue weighted by molar-refractivity contribution is 6.00. The quantitative estimate of drug-likeness (QED) is 0.517. The molecule has 0 saturated heterocycles. The number of nitrogen functional groups attached to an aromatic ring is 1. The molecule has 0 aliphatic carbocycles. The number of aromatic hydroxyl groups is 1. The monoisotopic (exact) mass is 326 g/mol. The molecule has 0 spiro atoms. The Bertz CT molecular complexity index is 1030. The van der Waals surface area contributed by atoms with Gasteiger partial charge in [-0.15, -0.1) is 0 Å². The Morgan fingerprint density at radius 2 is 2.00 bits per heavy atom. The number of hydrogen-bond acceptors (Lipinski definition) is 5. The van der Waals surface area contributed by atoms with Crippen LogP contribution in [0.5, 0.6) is 5.75 Å². The summed E-state index contributed by atoms with van der Waals surface area (Å²) in [6.07, 6.45) is 1.45. The van der Waals surface area contributed by atoms with Crippen molar-refractivity contribution >= 4 is 27.8 Å². The zero-order valence-electron chi connectivity index (χ0n) is 13.3. The lowest BCUT2D eigenvalue weighted by Gasteiger charge is -2.05. The Morgan fingerprint density at radius 3 is 2.75 bits per heavy atom. The molecule has 8 nitrogen and oxygen atoms in total. The molecule has 0 unspecified atom stereocenters. The normalized spacial score (nSPS) is 11.3. The number of aromatic nitrogens is 5. The van der Waals surface area contributed by atoms with Gasteiger partial charge in [0.05, 0.1) is 11.1 Å². The zero-order chi connectivity index (χ0) is 16.1. The number of H-pyrrole nitrogens is 1. The van der Waals surface area contributed by atoms with Gasteiger partial charge in [-0.3, -0.25) is 0 Å². The molecule has 3 aromatic heterocycles. The van der Waals surface area contributed by atoms with Crippen LogP contribution >= 0.6 is 0 Å². The molecular formula is C16H18N6O2. The van der Waals surface area contributed by atoms with Crippen LogP contribution < -0.4 is 5.73 Å². The van der Waals surface area contributed by atoms with Gasteiger partial charge in [-0.25, -0.2) is 14.6 Å². The standard InChI is InChI=1S/C16H16N6O.H2O/c1-8(2)22-16-13(15(17)18-7-19-16)14(21-22)12-6-9-5-10(23)3-4-11(9)20-12;/h3-8,20,23H,1-2H3,(H2,17,18,19);1H2. The molecule has 6 N–H and O–H groups in total. The number of hydrogen-bond donors (Lipinski definition) is 3. The second-order valence-electron chi connectivity index (χ2n) is 5.80. The van der Waals surface area contributed by atoms with Crippen molar-refractivity contribution in [2.24, 2.45) is 0 Å². The highest BCUT2D eigenvalue weighted by Crippen LogP contribution is 2.33. The molecule has 8 heteroatoms. The maximum absolute atomic E-state index is 9.63. The summed E-state index contributed by atoms with van der Waals surface area (Å²) in [4.78, 5) is 11.7. The van der Waals surface area contributed by atoms with Crippen molar-refractivity contribution in [3.63, 3.8) is 0 Å². The molecule has 4 aromatic rings. The number of phenolic OH excluding ortho intramolecular Hbond substituents is 1. The molecular weight excluding hydrogens is 308 g/mol. The van der Waals surface area contributed by atoms with Gasteiger partial charge in [0.2, 0.25) is 0 Å². The van der Waals surface area contributed by atoms with E-state index in [0.29, 0.717) is 17.2 Å². The number of nitrogens with two attached hydrogens (primary N) is 1. The van der Waals surface area contributed by atoms with E-state index in [0.717, 1.165) is 22.0 Å². The number of nitrogens with zero attached hydrogens (tertiary/aromatic N) is 4. The Morgan fingerprint density at radius 1 is 1.21 bits per heavy atom. The fourth-order valence-corrected chi connectivity index (χ4v) is 2.79. The van der Waals surface area contributed by atoms with Gasteiger partial charge in [0, 0.05) is 16.9 Å². The van der Waals surface area contributed by atoms with Crippen LogP contribution in [0.4, 0.5) is 5.82 Å². The van der Waals surface area contributed by atoms with E-state index in [1.54, 1.807) is 12.1 Å². The first-order valence-corrected chi connectivity index (χ1v) is 7.35. The molecule has 0 fully saturated rings.